The first-order chi connectivity index (χ1) is 14.1. The Balaban J connectivity index is 1.46. The molecule has 2 unspecified atom stereocenters. The van der Waals surface area contributed by atoms with Gasteiger partial charge < -0.3 is 15.2 Å². The summed E-state index contributed by atoms with van der Waals surface area (Å²) in [4.78, 5) is 19.7. The predicted molar refractivity (Wildman–Crippen MR) is 110 cm³/mol. The molecule has 1 saturated heterocycles. The summed E-state index contributed by atoms with van der Waals surface area (Å²) < 4.78 is 15.4. The number of nitrogens with zero attached hydrogens (tertiary/aromatic N) is 3. The van der Waals surface area contributed by atoms with Crippen molar-refractivity contribution in [1.29, 1.82) is 0 Å². The fourth-order valence-electron chi connectivity index (χ4n) is 4.73. The van der Waals surface area contributed by atoms with Crippen LogP contribution in [0.15, 0.2) is 36.7 Å². The molecule has 1 aromatic carbocycles. The molecule has 7 heteroatoms. The molecule has 1 aliphatic carbocycles. The second-order valence-electron chi connectivity index (χ2n) is 8.23. The maximum atomic E-state index is 13.4. The summed E-state index contributed by atoms with van der Waals surface area (Å²) in [6.07, 6.45) is 8.33. The Kier molecular flexibility index (Phi) is 6.25. The average Bonchev–Trinajstić information content (AvgIpc) is 3.39. The van der Waals surface area contributed by atoms with E-state index in [0.29, 0.717) is 12.5 Å². The van der Waals surface area contributed by atoms with E-state index in [1.165, 1.54) is 25.0 Å². The van der Waals surface area contributed by atoms with Crippen LogP contribution in [0.5, 0.6) is 0 Å². The van der Waals surface area contributed by atoms with Crippen molar-refractivity contribution in [2.75, 3.05) is 26.2 Å². The van der Waals surface area contributed by atoms with Crippen LogP contribution in [-0.2, 0) is 11.8 Å². The second-order valence-corrected chi connectivity index (χ2v) is 8.23. The first-order valence-electron chi connectivity index (χ1n) is 10.6. The molecule has 2 atom stereocenters. The summed E-state index contributed by atoms with van der Waals surface area (Å²) in [5.74, 6) is 1.16. The highest BCUT2D eigenvalue weighted by Crippen LogP contribution is 2.36. The molecule has 4 rings (SSSR count). The quantitative estimate of drug-likeness (QED) is 0.784. The van der Waals surface area contributed by atoms with E-state index in [1.54, 1.807) is 18.3 Å². The van der Waals surface area contributed by atoms with Crippen LogP contribution < -0.4 is 10.6 Å². The molecule has 2 fully saturated rings. The van der Waals surface area contributed by atoms with Crippen molar-refractivity contribution in [3.8, 4) is 0 Å². The number of rotatable bonds is 6. The zero-order valence-electron chi connectivity index (χ0n) is 17.0. The highest BCUT2D eigenvalue weighted by Gasteiger charge is 2.31. The van der Waals surface area contributed by atoms with Gasteiger partial charge in [-0.25, -0.2) is 9.37 Å². The molecule has 2 heterocycles. The minimum absolute atomic E-state index is 0.0207. The van der Waals surface area contributed by atoms with Crippen LogP contribution in [0.1, 0.15) is 49.2 Å². The highest BCUT2D eigenvalue weighted by molar-refractivity contribution is 5.78. The third-order valence-corrected chi connectivity index (χ3v) is 6.27. The van der Waals surface area contributed by atoms with E-state index in [1.807, 2.05) is 17.8 Å². The van der Waals surface area contributed by atoms with Crippen molar-refractivity contribution in [1.82, 2.24) is 25.1 Å². The summed E-state index contributed by atoms with van der Waals surface area (Å²) >= 11 is 0. The van der Waals surface area contributed by atoms with Gasteiger partial charge in [-0.05, 0) is 36.5 Å². The van der Waals surface area contributed by atoms with Gasteiger partial charge in [0.2, 0.25) is 5.91 Å². The maximum Gasteiger partial charge on any atom is 0.234 e. The minimum atomic E-state index is -0.246. The number of aromatic nitrogens is 2. The molecular weight excluding hydrogens is 369 g/mol. The monoisotopic (exact) mass is 399 g/mol. The number of benzene rings is 1. The van der Waals surface area contributed by atoms with E-state index in [4.69, 9.17) is 0 Å². The van der Waals surface area contributed by atoms with Crippen molar-refractivity contribution in [3.05, 3.63) is 53.9 Å². The number of piperazine rings is 1. The number of imidazole rings is 1. The average molecular weight is 400 g/mol. The van der Waals surface area contributed by atoms with Crippen molar-refractivity contribution in [2.45, 2.75) is 37.8 Å². The molecule has 1 saturated carbocycles. The molecule has 1 aromatic heterocycles. The maximum absolute atomic E-state index is 13.4. The van der Waals surface area contributed by atoms with E-state index in [9.17, 15) is 9.18 Å². The van der Waals surface area contributed by atoms with E-state index in [0.717, 1.165) is 43.9 Å². The Morgan fingerprint density at radius 2 is 2.07 bits per heavy atom. The molecule has 156 valence electrons. The van der Waals surface area contributed by atoms with Crippen molar-refractivity contribution in [3.63, 3.8) is 0 Å². The van der Waals surface area contributed by atoms with Gasteiger partial charge in [0.1, 0.15) is 11.6 Å². The molecule has 1 amide bonds. The molecule has 1 aliphatic heterocycles. The standard InChI is InChI=1S/C22H30FN5O/c1-27-12-11-25-22(27)19-14-24-10-13-28(19)15-20(29)26-21(16-4-2-3-5-16)17-6-8-18(23)9-7-17/h6-9,11-12,16,19,21,24H,2-5,10,13-15H2,1H3,(H,26,29). The van der Waals surface area contributed by atoms with Crippen molar-refractivity contribution < 1.29 is 9.18 Å². The van der Waals surface area contributed by atoms with Crippen LogP contribution in [0, 0.1) is 11.7 Å². The number of nitrogens with one attached hydrogen (secondary N) is 2. The molecule has 2 N–H and O–H groups in total. The van der Waals surface area contributed by atoms with E-state index in [-0.39, 0.29) is 23.8 Å². The van der Waals surface area contributed by atoms with Crippen LogP contribution in [0.2, 0.25) is 0 Å². The third-order valence-electron chi connectivity index (χ3n) is 6.27. The zero-order chi connectivity index (χ0) is 20.2. The predicted octanol–water partition coefficient (Wildman–Crippen LogP) is 2.55. The number of halogens is 1. The lowest BCUT2D eigenvalue weighted by atomic mass is 9.91. The Hall–Kier alpha value is -2.25. The van der Waals surface area contributed by atoms with Gasteiger partial charge >= 0.3 is 0 Å². The molecule has 2 aliphatic rings. The molecular formula is C22H30FN5O. The van der Waals surface area contributed by atoms with Gasteiger partial charge in [0, 0.05) is 39.1 Å². The first-order valence-corrected chi connectivity index (χ1v) is 10.6. The van der Waals surface area contributed by atoms with Gasteiger partial charge in [0.15, 0.2) is 0 Å². The molecule has 6 nitrogen and oxygen atoms in total. The number of hydrogen-bond acceptors (Lipinski definition) is 4. The van der Waals surface area contributed by atoms with E-state index < -0.39 is 0 Å². The minimum Gasteiger partial charge on any atom is -0.348 e. The van der Waals surface area contributed by atoms with Crippen LogP contribution >= 0.6 is 0 Å². The van der Waals surface area contributed by atoms with Crippen molar-refractivity contribution >= 4 is 5.91 Å². The van der Waals surface area contributed by atoms with E-state index in [2.05, 4.69) is 20.5 Å². The van der Waals surface area contributed by atoms with Crippen LogP contribution in [0.4, 0.5) is 4.39 Å². The summed E-state index contributed by atoms with van der Waals surface area (Å²) in [6, 6.07) is 6.60. The Bertz CT molecular complexity index is 815. The number of aryl methyl sites for hydroxylation is 1. The number of amides is 1. The van der Waals surface area contributed by atoms with Crippen LogP contribution in [0.3, 0.4) is 0 Å². The Labute approximate surface area is 171 Å². The van der Waals surface area contributed by atoms with Crippen LogP contribution in [-0.4, -0.2) is 46.5 Å². The lowest BCUT2D eigenvalue weighted by Crippen LogP contribution is -2.50. The summed E-state index contributed by atoms with van der Waals surface area (Å²) in [7, 11) is 1.99. The Morgan fingerprint density at radius 3 is 2.76 bits per heavy atom. The van der Waals surface area contributed by atoms with Gasteiger partial charge in [-0.3, -0.25) is 9.69 Å². The van der Waals surface area contributed by atoms with Gasteiger partial charge in [-0.1, -0.05) is 25.0 Å². The molecule has 0 radical (unpaired) electrons. The normalized spacial score (nSPS) is 21.9. The molecule has 0 bridgehead atoms. The number of carbonyl (C=O) groups excluding carboxylic acids is 1. The highest BCUT2D eigenvalue weighted by atomic mass is 19.1. The van der Waals surface area contributed by atoms with Crippen LogP contribution in [0.25, 0.3) is 0 Å². The third kappa shape index (κ3) is 4.67. The lowest BCUT2D eigenvalue weighted by Gasteiger charge is -2.35. The van der Waals surface area contributed by atoms with Gasteiger partial charge in [0.25, 0.3) is 0 Å². The van der Waals surface area contributed by atoms with Gasteiger partial charge in [-0.15, -0.1) is 0 Å². The fraction of sp³-hybridized carbons (Fsp3) is 0.545. The van der Waals surface area contributed by atoms with Gasteiger partial charge in [-0.2, -0.15) is 0 Å². The Morgan fingerprint density at radius 1 is 1.31 bits per heavy atom. The number of carbonyl (C=O) groups is 1. The second kappa shape index (κ2) is 9.05. The summed E-state index contributed by atoms with van der Waals surface area (Å²) in [5, 5.41) is 6.68. The van der Waals surface area contributed by atoms with E-state index >= 15 is 0 Å². The lowest BCUT2D eigenvalue weighted by molar-refractivity contribution is -0.124. The molecule has 29 heavy (non-hydrogen) atoms. The summed E-state index contributed by atoms with van der Waals surface area (Å²) in [6.45, 7) is 2.78. The zero-order valence-corrected chi connectivity index (χ0v) is 17.0. The number of hydrogen-bond donors (Lipinski definition) is 2. The largest absolute Gasteiger partial charge is 0.348 e. The van der Waals surface area contributed by atoms with Crippen molar-refractivity contribution in [2.24, 2.45) is 13.0 Å². The topological polar surface area (TPSA) is 62.2 Å². The molecule has 0 spiro atoms. The molecule has 2 aromatic rings. The first kappa shape index (κ1) is 20.0. The fourth-order valence-corrected chi connectivity index (χ4v) is 4.73. The van der Waals surface area contributed by atoms with Gasteiger partial charge in [0.05, 0.1) is 18.6 Å². The SMILES string of the molecule is Cn1ccnc1C1CNCCN1CC(=O)NC(c1ccc(F)cc1)C1CCCC1. The summed E-state index contributed by atoms with van der Waals surface area (Å²) in [5.41, 5.74) is 0.993. The smallest absolute Gasteiger partial charge is 0.234 e.